The molecule has 2 aromatic rings. The SMILES string of the molecule is O=C=NC1(c2cccc3n[nH]c(Cl)c23)CC1. The third kappa shape index (κ3) is 1.21. The largest absolute Gasteiger partial charge is 0.266 e. The van der Waals surface area contributed by atoms with Crippen molar-refractivity contribution in [2.75, 3.05) is 0 Å². The van der Waals surface area contributed by atoms with E-state index in [2.05, 4.69) is 15.2 Å². The first-order chi connectivity index (χ1) is 7.77. The lowest BCUT2D eigenvalue weighted by Crippen LogP contribution is -2.02. The van der Waals surface area contributed by atoms with Gasteiger partial charge in [0.2, 0.25) is 6.08 Å². The number of hydrogen-bond donors (Lipinski definition) is 1. The molecule has 0 unspecified atom stereocenters. The van der Waals surface area contributed by atoms with Crippen LogP contribution in [0.25, 0.3) is 10.9 Å². The highest BCUT2D eigenvalue weighted by atomic mass is 35.5. The van der Waals surface area contributed by atoms with Gasteiger partial charge in [-0.1, -0.05) is 23.7 Å². The molecule has 5 heteroatoms. The van der Waals surface area contributed by atoms with E-state index >= 15 is 0 Å². The van der Waals surface area contributed by atoms with Gasteiger partial charge in [0.05, 0.1) is 11.1 Å². The third-order valence-corrected chi connectivity index (χ3v) is 3.29. The summed E-state index contributed by atoms with van der Waals surface area (Å²) in [5.41, 5.74) is 1.36. The Morgan fingerprint density at radius 2 is 2.31 bits per heavy atom. The van der Waals surface area contributed by atoms with Crippen molar-refractivity contribution in [3.05, 3.63) is 28.9 Å². The number of nitrogens with zero attached hydrogens (tertiary/aromatic N) is 2. The number of nitrogens with one attached hydrogen (secondary N) is 1. The Morgan fingerprint density at radius 1 is 1.50 bits per heavy atom. The first-order valence-corrected chi connectivity index (χ1v) is 5.37. The molecule has 1 N–H and O–H groups in total. The van der Waals surface area contributed by atoms with Gasteiger partial charge in [0.25, 0.3) is 0 Å². The molecule has 3 rings (SSSR count). The fourth-order valence-electron chi connectivity index (χ4n) is 2.06. The summed E-state index contributed by atoms with van der Waals surface area (Å²) in [4.78, 5) is 14.3. The fourth-order valence-corrected chi connectivity index (χ4v) is 2.30. The van der Waals surface area contributed by atoms with Crippen LogP contribution in [0.5, 0.6) is 0 Å². The second-order valence-corrected chi connectivity index (χ2v) is 4.35. The predicted molar refractivity (Wildman–Crippen MR) is 60.1 cm³/mol. The molecular weight excluding hydrogens is 226 g/mol. The lowest BCUT2D eigenvalue weighted by atomic mass is 10.0. The fraction of sp³-hybridized carbons (Fsp3) is 0.273. The average Bonchev–Trinajstić information content (AvgIpc) is 2.98. The van der Waals surface area contributed by atoms with E-state index in [0.717, 1.165) is 29.3 Å². The minimum Gasteiger partial charge on any atom is -0.266 e. The number of aliphatic imine (C=N–C) groups is 1. The second kappa shape index (κ2) is 3.17. The number of fused-ring (bicyclic) bond motifs is 1. The lowest BCUT2D eigenvalue weighted by molar-refractivity contribution is 0.556. The van der Waals surface area contributed by atoms with Crippen LogP contribution in [0.3, 0.4) is 0 Å². The maximum atomic E-state index is 10.4. The van der Waals surface area contributed by atoms with Crippen molar-refractivity contribution >= 4 is 28.6 Å². The van der Waals surface area contributed by atoms with Gasteiger partial charge in [-0.25, -0.2) is 4.79 Å². The monoisotopic (exact) mass is 233 g/mol. The summed E-state index contributed by atoms with van der Waals surface area (Å²) in [5, 5.41) is 8.18. The summed E-state index contributed by atoms with van der Waals surface area (Å²) >= 11 is 6.05. The van der Waals surface area contributed by atoms with E-state index in [1.807, 2.05) is 18.2 Å². The Bertz CT molecular complexity index is 609. The summed E-state index contributed by atoms with van der Waals surface area (Å²) in [5.74, 6) is 0. The Labute approximate surface area is 96.3 Å². The maximum absolute atomic E-state index is 10.4. The number of benzene rings is 1. The number of hydrogen-bond acceptors (Lipinski definition) is 3. The smallest absolute Gasteiger partial charge is 0.235 e. The summed E-state index contributed by atoms with van der Waals surface area (Å²) in [6, 6.07) is 5.72. The Balaban J connectivity index is 2.31. The summed E-state index contributed by atoms with van der Waals surface area (Å²) in [6.07, 6.45) is 3.37. The highest BCUT2D eigenvalue weighted by Gasteiger charge is 2.46. The van der Waals surface area contributed by atoms with Crippen molar-refractivity contribution in [2.45, 2.75) is 18.4 Å². The molecule has 16 heavy (non-hydrogen) atoms. The van der Waals surface area contributed by atoms with Crippen molar-refractivity contribution in [3.8, 4) is 0 Å². The standard InChI is InChI=1S/C11H8ClN3O/c12-10-9-7(11(4-5-11)13-6-16)2-1-3-8(9)14-15-10/h1-3H,4-5H2,(H,14,15). The lowest BCUT2D eigenvalue weighted by Gasteiger charge is -2.09. The third-order valence-electron chi connectivity index (χ3n) is 3.02. The normalized spacial score (nSPS) is 17.1. The van der Waals surface area contributed by atoms with Crippen LogP contribution in [-0.4, -0.2) is 16.3 Å². The van der Waals surface area contributed by atoms with E-state index < -0.39 is 5.54 Å². The predicted octanol–water partition coefficient (Wildman–Crippen LogP) is 2.54. The zero-order chi connectivity index (χ0) is 11.2. The summed E-state index contributed by atoms with van der Waals surface area (Å²) < 4.78 is 0. The molecular formula is C11H8ClN3O. The topological polar surface area (TPSA) is 58.1 Å². The van der Waals surface area contributed by atoms with Crippen molar-refractivity contribution in [1.82, 2.24) is 10.2 Å². The number of aromatic nitrogens is 2. The van der Waals surface area contributed by atoms with E-state index in [-0.39, 0.29) is 0 Å². The Morgan fingerprint density at radius 3 is 3.00 bits per heavy atom. The average molecular weight is 234 g/mol. The molecule has 1 saturated carbocycles. The molecule has 0 aliphatic heterocycles. The van der Waals surface area contributed by atoms with Crippen LogP contribution < -0.4 is 0 Å². The van der Waals surface area contributed by atoms with Crippen molar-refractivity contribution < 1.29 is 4.79 Å². The van der Waals surface area contributed by atoms with Gasteiger partial charge in [-0.05, 0) is 24.5 Å². The first-order valence-electron chi connectivity index (χ1n) is 4.99. The summed E-state index contributed by atoms with van der Waals surface area (Å²) in [6.45, 7) is 0. The number of halogens is 1. The molecule has 0 spiro atoms. The van der Waals surface area contributed by atoms with Crippen LogP contribution in [0.1, 0.15) is 18.4 Å². The summed E-state index contributed by atoms with van der Waals surface area (Å²) in [7, 11) is 0. The van der Waals surface area contributed by atoms with Gasteiger partial charge in [-0.3, -0.25) is 5.10 Å². The quantitative estimate of drug-likeness (QED) is 0.640. The molecule has 0 radical (unpaired) electrons. The molecule has 4 nitrogen and oxygen atoms in total. The number of rotatable bonds is 2. The van der Waals surface area contributed by atoms with Crippen LogP contribution in [0, 0.1) is 0 Å². The van der Waals surface area contributed by atoms with E-state index in [1.165, 1.54) is 0 Å². The van der Waals surface area contributed by atoms with E-state index in [1.54, 1.807) is 6.08 Å². The van der Waals surface area contributed by atoms with Crippen LogP contribution in [-0.2, 0) is 10.3 Å². The first kappa shape index (κ1) is 9.58. The van der Waals surface area contributed by atoms with Crippen LogP contribution in [0.4, 0.5) is 0 Å². The minimum atomic E-state index is -0.408. The number of H-pyrrole nitrogens is 1. The minimum absolute atomic E-state index is 0.408. The highest BCUT2D eigenvalue weighted by molar-refractivity contribution is 6.34. The molecule has 1 aliphatic rings. The van der Waals surface area contributed by atoms with Gasteiger partial charge in [0.1, 0.15) is 5.15 Å². The molecule has 0 amide bonds. The van der Waals surface area contributed by atoms with Crippen molar-refractivity contribution in [1.29, 1.82) is 0 Å². The van der Waals surface area contributed by atoms with Crippen LogP contribution in [0.2, 0.25) is 5.15 Å². The van der Waals surface area contributed by atoms with Gasteiger partial charge >= 0.3 is 0 Å². The van der Waals surface area contributed by atoms with Crippen LogP contribution >= 0.6 is 11.6 Å². The Hall–Kier alpha value is -1.64. The molecule has 0 atom stereocenters. The number of isocyanates is 1. The zero-order valence-electron chi connectivity index (χ0n) is 8.33. The van der Waals surface area contributed by atoms with Gasteiger partial charge in [-0.15, -0.1) is 0 Å². The Kier molecular flexibility index (Phi) is 1.90. The van der Waals surface area contributed by atoms with Gasteiger partial charge in [0.15, 0.2) is 0 Å². The molecule has 1 heterocycles. The highest BCUT2D eigenvalue weighted by Crippen LogP contribution is 2.51. The van der Waals surface area contributed by atoms with Crippen molar-refractivity contribution in [2.24, 2.45) is 4.99 Å². The van der Waals surface area contributed by atoms with Gasteiger partial charge in [0, 0.05) is 5.39 Å². The molecule has 1 aromatic heterocycles. The van der Waals surface area contributed by atoms with Gasteiger partial charge in [-0.2, -0.15) is 10.1 Å². The molecule has 80 valence electrons. The van der Waals surface area contributed by atoms with Crippen LogP contribution in [0.15, 0.2) is 23.2 Å². The molecule has 0 saturated heterocycles. The van der Waals surface area contributed by atoms with E-state index in [9.17, 15) is 4.79 Å². The molecule has 1 aliphatic carbocycles. The second-order valence-electron chi connectivity index (χ2n) is 3.97. The molecule has 0 bridgehead atoms. The molecule has 1 fully saturated rings. The van der Waals surface area contributed by atoms with E-state index in [0.29, 0.717) is 5.15 Å². The van der Waals surface area contributed by atoms with Crippen molar-refractivity contribution in [3.63, 3.8) is 0 Å². The van der Waals surface area contributed by atoms with E-state index in [4.69, 9.17) is 11.6 Å². The van der Waals surface area contributed by atoms with Gasteiger partial charge < -0.3 is 0 Å². The number of aromatic amines is 1. The maximum Gasteiger partial charge on any atom is 0.235 e. The number of carbonyl (C=O) groups excluding carboxylic acids is 1. The zero-order valence-corrected chi connectivity index (χ0v) is 9.08. The molecule has 1 aromatic carbocycles.